The van der Waals surface area contributed by atoms with Gasteiger partial charge in [0.25, 0.3) is 0 Å². The maximum Gasteiger partial charge on any atom is 0.241 e. The first-order valence-electron chi connectivity index (χ1n) is 5.84. The van der Waals surface area contributed by atoms with E-state index in [1.165, 1.54) is 12.1 Å². The molecule has 106 valence electrons. The number of ether oxygens (including phenoxy) is 2. The van der Waals surface area contributed by atoms with Crippen LogP contribution in [0.1, 0.15) is 13.8 Å². The van der Waals surface area contributed by atoms with Crippen molar-refractivity contribution >= 4 is 21.6 Å². The van der Waals surface area contributed by atoms with Crippen LogP contribution in [-0.2, 0) is 10.0 Å². The zero-order chi connectivity index (χ0) is 14.1. The van der Waals surface area contributed by atoms with Crippen LogP contribution in [0.3, 0.4) is 0 Å². The van der Waals surface area contributed by atoms with Crippen molar-refractivity contribution in [2.75, 3.05) is 19.1 Å². The summed E-state index contributed by atoms with van der Waals surface area (Å²) in [5.74, 6) is 1.18. The Morgan fingerprint density at radius 3 is 2.53 bits per heavy atom. The summed E-state index contributed by atoms with van der Waals surface area (Å²) in [5, 5.41) is 0. The number of hydrogen-bond donors (Lipinski definition) is 1. The van der Waals surface area contributed by atoms with Gasteiger partial charge in [-0.05, 0) is 26.0 Å². The summed E-state index contributed by atoms with van der Waals surface area (Å²) in [6.45, 7) is 4.32. The lowest BCUT2D eigenvalue weighted by atomic mass is 10.1. The Hall–Kier alpha value is -0.980. The summed E-state index contributed by atoms with van der Waals surface area (Å²) < 4.78 is 37.7. The molecule has 0 bridgehead atoms. The number of sulfonamides is 1. The fraction of sp³-hybridized carbons (Fsp3) is 0.500. The highest BCUT2D eigenvalue weighted by molar-refractivity contribution is 7.89. The second-order valence-corrected chi connectivity index (χ2v) is 6.88. The van der Waals surface area contributed by atoms with E-state index in [1.54, 1.807) is 19.9 Å². The molecular formula is C12H16ClNO4S. The molecule has 0 radical (unpaired) electrons. The van der Waals surface area contributed by atoms with Crippen molar-refractivity contribution in [1.29, 1.82) is 0 Å². The summed E-state index contributed by atoms with van der Waals surface area (Å²) >= 11 is 5.73. The molecule has 1 aliphatic rings. The van der Waals surface area contributed by atoms with E-state index in [0.29, 0.717) is 24.7 Å². The third-order valence-corrected chi connectivity index (χ3v) is 4.93. The van der Waals surface area contributed by atoms with Crippen LogP contribution in [0, 0.1) is 0 Å². The molecule has 1 N–H and O–H groups in total. The smallest absolute Gasteiger partial charge is 0.241 e. The normalized spacial score (nSPS) is 15.3. The summed E-state index contributed by atoms with van der Waals surface area (Å²) in [6, 6.07) is 4.54. The average Bonchev–Trinajstić information content (AvgIpc) is 2.37. The third-order valence-electron chi connectivity index (χ3n) is 2.57. The van der Waals surface area contributed by atoms with Gasteiger partial charge in [0.2, 0.25) is 10.0 Å². The van der Waals surface area contributed by atoms with E-state index in [1.807, 2.05) is 0 Å². The molecule has 0 saturated carbocycles. The van der Waals surface area contributed by atoms with Crippen molar-refractivity contribution in [3.63, 3.8) is 0 Å². The Bertz CT molecular complexity index is 571. The van der Waals surface area contributed by atoms with Gasteiger partial charge in [-0.15, -0.1) is 11.6 Å². The van der Waals surface area contributed by atoms with E-state index < -0.39 is 15.6 Å². The number of halogens is 1. The van der Waals surface area contributed by atoms with Gasteiger partial charge in [-0.3, -0.25) is 0 Å². The molecule has 0 amide bonds. The van der Waals surface area contributed by atoms with Crippen LogP contribution in [0.25, 0.3) is 0 Å². The van der Waals surface area contributed by atoms with Crippen LogP contribution in [0.2, 0.25) is 0 Å². The molecule has 1 aromatic rings. The van der Waals surface area contributed by atoms with Gasteiger partial charge in [0.15, 0.2) is 11.5 Å². The van der Waals surface area contributed by atoms with Crippen molar-refractivity contribution in [3.8, 4) is 11.5 Å². The van der Waals surface area contributed by atoms with Crippen LogP contribution in [-0.4, -0.2) is 33.1 Å². The number of hydrogen-bond acceptors (Lipinski definition) is 4. The van der Waals surface area contributed by atoms with Crippen LogP contribution in [0.5, 0.6) is 11.5 Å². The molecule has 0 fully saturated rings. The summed E-state index contributed by atoms with van der Waals surface area (Å²) in [4.78, 5) is 0.134. The summed E-state index contributed by atoms with van der Waals surface area (Å²) in [6.07, 6.45) is 0. The molecule has 1 heterocycles. The molecular weight excluding hydrogens is 290 g/mol. The molecule has 0 saturated heterocycles. The maximum atomic E-state index is 12.2. The predicted octanol–water partition coefficient (Wildman–Crippen LogP) is 1.75. The predicted molar refractivity (Wildman–Crippen MR) is 72.6 cm³/mol. The zero-order valence-electron chi connectivity index (χ0n) is 10.8. The molecule has 0 aromatic heterocycles. The number of benzene rings is 1. The Balaban J connectivity index is 2.31. The van der Waals surface area contributed by atoms with E-state index in [0.717, 1.165) is 0 Å². The largest absolute Gasteiger partial charge is 0.486 e. The summed E-state index contributed by atoms with van der Waals surface area (Å²) in [5.41, 5.74) is -0.715. The Kier molecular flexibility index (Phi) is 3.94. The lowest BCUT2D eigenvalue weighted by Gasteiger charge is -2.24. The first kappa shape index (κ1) is 14.4. The fourth-order valence-corrected chi connectivity index (χ4v) is 3.21. The van der Waals surface area contributed by atoms with E-state index >= 15 is 0 Å². The molecule has 2 rings (SSSR count). The summed E-state index contributed by atoms with van der Waals surface area (Å²) in [7, 11) is -3.63. The van der Waals surface area contributed by atoms with E-state index in [4.69, 9.17) is 21.1 Å². The minimum Gasteiger partial charge on any atom is -0.486 e. The molecule has 0 spiro atoms. The highest BCUT2D eigenvalue weighted by Crippen LogP contribution is 2.32. The third kappa shape index (κ3) is 3.32. The van der Waals surface area contributed by atoms with Gasteiger partial charge in [0.1, 0.15) is 13.2 Å². The second-order valence-electron chi connectivity index (χ2n) is 4.93. The Morgan fingerprint density at radius 1 is 1.26 bits per heavy atom. The topological polar surface area (TPSA) is 64.6 Å². The van der Waals surface area contributed by atoms with Gasteiger partial charge < -0.3 is 9.47 Å². The zero-order valence-corrected chi connectivity index (χ0v) is 12.3. The van der Waals surface area contributed by atoms with Crippen molar-refractivity contribution in [1.82, 2.24) is 4.72 Å². The number of fused-ring (bicyclic) bond motifs is 1. The van der Waals surface area contributed by atoms with Crippen LogP contribution >= 0.6 is 11.6 Å². The minimum atomic E-state index is -3.63. The highest BCUT2D eigenvalue weighted by atomic mass is 35.5. The lowest BCUT2D eigenvalue weighted by molar-refractivity contribution is 0.171. The molecule has 0 atom stereocenters. The fourth-order valence-electron chi connectivity index (χ4n) is 1.64. The van der Waals surface area contributed by atoms with Gasteiger partial charge in [-0.25, -0.2) is 13.1 Å². The molecule has 1 aromatic carbocycles. The molecule has 5 nitrogen and oxygen atoms in total. The molecule has 1 aliphatic heterocycles. The second kappa shape index (κ2) is 5.19. The van der Waals surface area contributed by atoms with Gasteiger partial charge in [-0.1, -0.05) is 0 Å². The maximum absolute atomic E-state index is 12.2. The van der Waals surface area contributed by atoms with Gasteiger partial charge in [0.05, 0.1) is 4.90 Å². The van der Waals surface area contributed by atoms with Gasteiger partial charge >= 0.3 is 0 Å². The number of rotatable bonds is 4. The molecule has 0 aliphatic carbocycles. The van der Waals surface area contributed by atoms with Crippen molar-refractivity contribution < 1.29 is 17.9 Å². The standard InChI is InChI=1S/C12H16ClNO4S/c1-12(2,8-13)14-19(15,16)9-3-4-10-11(7-9)18-6-5-17-10/h3-4,7,14H,5-6,8H2,1-2H3. The van der Waals surface area contributed by atoms with Crippen molar-refractivity contribution in [2.45, 2.75) is 24.3 Å². The molecule has 19 heavy (non-hydrogen) atoms. The minimum absolute atomic E-state index is 0.134. The Morgan fingerprint density at radius 2 is 1.89 bits per heavy atom. The molecule has 0 unspecified atom stereocenters. The monoisotopic (exact) mass is 305 g/mol. The van der Waals surface area contributed by atoms with Crippen LogP contribution in [0.4, 0.5) is 0 Å². The number of nitrogens with one attached hydrogen (secondary N) is 1. The van der Waals surface area contributed by atoms with Crippen molar-refractivity contribution in [2.24, 2.45) is 0 Å². The van der Waals surface area contributed by atoms with E-state index in [2.05, 4.69) is 4.72 Å². The Labute approximate surface area is 117 Å². The highest BCUT2D eigenvalue weighted by Gasteiger charge is 2.26. The van der Waals surface area contributed by atoms with Crippen LogP contribution < -0.4 is 14.2 Å². The SMILES string of the molecule is CC(C)(CCl)NS(=O)(=O)c1ccc2c(c1)OCCO2. The quantitative estimate of drug-likeness (QED) is 0.861. The lowest BCUT2D eigenvalue weighted by Crippen LogP contribution is -2.44. The first-order valence-corrected chi connectivity index (χ1v) is 7.85. The van der Waals surface area contributed by atoms with Gasteiger partial charge in [0, 0.05) is 17.5 Å². The van der Waals surface area contributed by atoms with E-state index in [9.17, 15) is 8.42 Å². The van der Waals surface area contributed by atoms with Crippen molar-refractivity contribution in [3.05, 3.63) is 18.2 Å². The average molecular weight is 306 g/mol. The van der Waals surface area contributed by atoms with Gasteiger partial charge in [-0.2, -0.15) is 0 Å². The number of alkyl halides is 1. The molecule has 7 heteroatoms. The van der Waals surface area contributed by atoms with Crippen LogP contribution in [0.15, 0.2) is 23.1 Å². The van der Waals surface area contributed by atoms with E-state index in [-0.39, 0.29) is 10.8 Å². The first-order chi connectivity index (χ1) is 8.84.